The van der Waals surface area contributed by atoms with Gasteiger partial charge in [-0.15, -0.1) is 0 Å². The maximum Gasteiger partial charge on any atom is 0.220 e. The van der Waals surface area contributed by atoms with Crippen LogP contribution in [0.15, 0.2) is 36.5 Å². The normalized spacial score (nSPS) is 11.7. The van der Waals surface area contributed by atoms with Crippen molar-refractivity contribution < 1.29 is 9.53 Å². The first-order chi connectivity index (χ1) is 7.54. The molecule has 0 fully saturated rings. The van der Waals surface area contributed by atoms with Gasteiger partial charge >= 0.3 is 0 Å². The zero-order valence-electron chi connectivity index (χ0n) is 9.91. The minimum atomic E-state index is -0.0923. The van der Waals surface area contributed by atoms with Crippen molar-refractivity contribution in [1.29, 1.82) is 0 Å². The van der Waals surface area contributed by atoms with Crippen molar-refractivity contribution >= 4 is 5.91 Å². The van der Waals surface area contributed by atoms with Crippen LogP contribution in [0.3, 0.4) is 0 Å². The van der Waals surface area contributed by atoms with Gasteiger partial charge in [-0.1, -0.05) is 25.6 Å². The third-order valence-corrected chi connectivity index (χ3v) is 2.48. The number of hydrogen-bond acceptors (Lipinski definition) is 2. The highest BCUT2D eigenvalue weighted by molar-refractivity contribution is 5.75. The van der Waals surface area contributed by atoms with E-state index in [1.54, 1.807) is 7.11 Å². The van der Waals surface area contributed by atoms with Crippen LogP contribution in [0.25, 0.3) is 0 Å². The van der Waals surface area contributed by atoms with Crippen LogP contribution in [0, 0.1) is 0 Å². The van der Waals surface area contributed by atoms with Crippen LogP contribution < -0.4 is 10.1 Å². The largest absolute Gasteiger partial charge is 0.497 e. The fourth-order valence-electron chi connectivity index (χ4n) is 1.43. The molecule has 0 spiro atoms. The molecule has 1 N–H and O–H groups in total. The third-order valence-electron chi connectivity index (χ3n) is 2.48. The average Bonchev–Trinajstić information content (AvgIpc) is 2.27. The number of amides is 1. The Morgan fingerprint density at radius 1 is 1.38 bits per heavy atom. The maximum atomic E-state index is 10.9. The Kier molecular flexibility index (Phi) is 4.11. The van der Waals surface area contributed by atoms with Gasteiger partial charge in [0.05, 0.1) is 7.11 Å². The van der Waals surface area contributed by atoms with Crippen molar-refractivity contribution in [2.75, 3.05) is 7.11 Å². The van der Waals surface area contributed by atoms with Gasteiger partial charge in [0, 0.05) is 18.5 Å². The van der Waals surface area contributed by atoms with Gasteiger partial charge in [-0.2, -0.15) is 0 Å². The summed E-state index contributed by atoms with van der Waals surface area (Å²) in [5, 5.41) is 2.70. The van der Waals surface area contributed by atoms with E-state index in [2.05, 4.69) is 11.9 Å². The number of ether oxygens (including phenoxy) is 1. The van der Waals surface area contributed by atoms with E-state index < -0.39 is 0 Å². The summed E-state index contributed by atoms with van der Waals surface area (Å²) in [5.74, 6) is 0.821. The van der Waals surface area contributed by atoms with Crippen LogP contribution >= 0.6 is 0 Å². The van der Waals surface area contributed by atoms with Crippen molar-refractivity contribution in [3.63, 3.8) is 0 Å². The molecule has 0 saturated carbocycles. The monoisotopic (exact) mass is 219 g/mol. The van der Waals surface area contributed by atoms with E-state index in [-0.39, 0.29) is 11.8 Å². The van der Waals surface area contributed by atoms with Crippen LogP contribution in [0.2, 0.25) is 0 Å². The zero-order valence-corrected chi connectivity index (χ0v) is 9.91. The van der Waals surface area contributed by atoms with E-state index >= 15 is 0 Å². The summed E-state index contributed by atoms with van der Waals surface area (Å²) in [5.41, 5.74) is 1.80. The van der Waals surface area contributed by atoms with Gasteiger partial charge in [-0.25, -0.2) is 0 Å². The molecule has 3 nitrogen and oxygen atoms in total. The molecule has 1 aromatic rings. The van der Waals surface area contributed by atoms with Crippen LogP contribution in [0.5, 0.6) is 5.75 Å². The molecule has 3 heteroatoms. The van der Waals surface area contributed by atoms with Crippen LogP contribution in [0.1, 0.15) is 25.3 Å². The van der Waals surface area contributed by atoms with E-state index in [1.165, 1.54) is 6.92 Å². The van der Waals surface area contributed by atoms with Crippen molar-refractivity contribution in [2.45, 2.75) is 19.8 Å². The summed E-state index contributed by atoms with van der Waals surface area (Å²) in [6, 6.07) is 7.73. The highest BCUT2D eigenvalue weighted by atomic mass is 16.5. The number of rotatable bonds is 4. The number of allylic oxidation sites excluding steroid dienone is 1. The van der Waals surface area contributed by atoms with Crippen molar-refractivity contribution in [2.24, 2.45) is 0 Å². The molecule has 1 rings (SSSR count). The Morgan fingerprint density at radius 2 is 1.94 bits per heavy atom. The van der Waals surface area contributed by atoms with Gasteiger partial charge in [-0.3, -0.25) is 4.79 Å². The quantitative estimate of drug-likeness (QED) is 0.844. The lowest BCUT2D eigenvalue weighted by molar-refractivity contribution is -0.118. The number of hydrogen-bond donors (Lipinski definition) is 1. The molecule has 0 aliphatic rings. The summed E-state index contributed by atoms with van der Waals surface area (Å²) in [6.07, 6.45) is 0. The molecular weight excluding hydrogens is 202 g/mol. The fraction of sp³-hybridized carbons (Fsp3) is 0.308. The van der Waals surface area contributed by atoms with Crippen LogP contribution in [-0.2, 0) is 4.79 Å². The molecule has 1 unspecified atom stereocenters. The van der Waals surface area contributed by atoms with Gasteiger partial charge in [0.2, 0.25) is 5.91 Å². The van der Waals surface area contributed by atoms with Gasteiger partial charge in [0.1, 0.15) is 5.75 Å². The SMILES string of the molecule is C=C(NC(C)=O)C(C)c1ccc(OC)cc1. The smallest absolute Gasteiger partial charge is 0.220 e. The van der Waals surface area contributed by atoms with E-state index in [0.29, 0.717) is 5.70 Å². The predicted octanol–water partition coefficient (Wildman–Crippen LogP) is 2.45. The first kappa shape index (κ1) is 12.3. The predicted molar refractivity (Wildman–Crippen MR) is 64.4 cm³/mol. The molecule has 0 aromatic heterocycles. The number of carbonyl (C=O) groups excluding carboxylic acids is 1. The molecule has 0 saturated heterocycles. The topological polar surface area (TPSA) is 38.3 Å². The minimum Gasteiger partial charge on any atom is -0.497 e. The van der Waals surface area contributed by atoms with E-state index in [4.69, 9.17) is 4.74 Å². The van der Waals surface area contributed by atoms with Crippen molar-refractivity contribution in [3.8, 4) is 5.75 Å². The third kappa shape index (κ3) is 3.12. The molecule has 1 aromatic carbocycles. The second kappa shape index (κ2) is 5.35. The molecular formula is C13H17NO2. The van der Waals surface area contributed by atoms with Gasteiger partial charge in [0.15, 0.2) is 0 Å². The summed E-state index contributed by atoms with van der Waals surface area (Å²) in [7, 11) is 1.63. The second-order valence-electron chi connectivity index (χ2n) is 3.70. The van der Waals surface area contributed by atoms with Crippen LogP contribution in [0.4, 0.5) is 0 Å². The molecule has 0 bridgehead atoms. The molecule has 16 heavy (non-hydrogen) atoms. The Morgan fingerprint density at radius 3 is 2.38 bits per heavy atom. The zero-order chi connectivity index (χ0) is 12.1. The Labute approximate surface area is 96.1 Å². The van der Waals surface area contributed by atoms with Gasteiger partial charge in [-0.05, 0) is 17.7 Å². The first-order valence-corrected chi connectivity index (χ1v) is 5.15. The molecule has 0 radical (unpaired) electrons. The van der Waals surface area contributed by atoms with Crippen molar-refractivity contribution in [3.05, 3.63) is 42.1 Å². The highest BCUT2D eigenvalue weighted by Crippen LogP contribution is 2.23. The molecule has 1 amide bonds. The maximum absolute atomic E-state index is 10.9. The fourth-order valence-corrected chi connectivity index (χ4v) is 1.43. The van der Waals surface area contributed by atoms with Crippen molar-refractivity contribution in [1.82, 2.24) is 5.32 Å². The lowest BCUT2D eigenvalue weighted by Crippen LogP contribution is -2.21. The van der Waals surface area contributed by atoms with Gasteiger partial charge in [0.25, 0.3) is 0 Å². The second-order valence-corrected chi connectivity index (χ2v) is 3.70. The number of benzene rings is 1. The Balaban J connectivity index is 2.75. The Bertz CT molecular complexity index is 381. The number of carbonyl (C=O) groups is 1. The highest BCUT2D eigenvalue weighted by Gasteiger charge is 2.10. The number of methoxy groups -OCH3 is 1. The lowest BCUT2D eigenvalue weighted by atomic mass is 9.98. The summed E-state index contributed by atoms with van der Waals surface area (Å²) < 4.78 is 5.08. The molecule has 0 heterocycles. The summed E-state index contributed by atoms with van der Waals surface area (Å²) in [4.78, 5) is 10.9. The van der Waals surface area contributed by atoms with E-state index in [0.717, 1.165) is 11.3 Å². The number of nitrogens with one attached hydrogen (secondary N) is 1. The molecule has 1 atom stereocenters. The standard InChI is InChI=1S/C13H17NO2/c1-9(10(2)14-11(3)15)12-5-7-13(16-4)8-6-12/h5-9H,2H2,1,3-4H3,(H,14,15). The molecule has 86 valence electrons. The lowest BCUT2D eigenvalue weighted by Gasteiger charge is -2.15. The minimum absolute atomic E-state index is 0.0923. The summed E-state index contributed by atoms with van der Waals surface area (Å²) in [6.45, 7) is 7.33. The van der Waals surface area contributed by atoms with Crippen LogP contribution in [-0.4, -0.2) is 13.0 Å². The summed E-state index contributed by atoms with van der Waals surface area (Å²) >= 11 is 0. The first-order valence-electron chi connectivity index (χ1n) is 5.15. The molecule has 0 aliphatic carbocycles. The Hall–Kier alpha value is -1.77. The van der Waals surface area contributed by atoms with E-state index in [9.17, 15) is 4.79 Å². The van der Waals surface area contributed by atoms with Gasteiger partial charge < -0.3 is 10.1 Å². The average molecular weight is 219 g/mol. The molecule has 0 aliphatic heterocycles. The van der Waals surface area contributed by atoms with E-state index in [1.807, 2.05) is 31.2 Å².